The third-order valence-corrected chi connectivity index (χ3v) is 5.49. The number of likely N-dealkylation sites (N-methyl/N-ethyl adjacent to an activating group) is 2. The van der Waals surface area contributed by atoms with E-state index in [-0.39, 0.29) is 11.9 Å². The van der Waals surface area contributed by atoms with E-state index < -0.39 is 12.2 Å². The minimum Gasteiger partial charge on any atom is -0.341 e. The van der Waals surface area contributed by atoms with Gasteiger partial charge in [-0.05, 0) is 11.1 Å². The van der Waals surface area contributed by atoms with Crippen molar-refractivity contribution < 1.29 is 9.59 Å². The molecule has 0 bridgehead atoms. The van der Waals surface area contributed by atoms with Crippen molar-refractivity contribution in [3.63, 3.8) is 0 Å². The summed E-state index contributed by atoms with van der Waals surface area (Å²) in [4.78, 5) is 37.1. The highest BCUT2D eigenvalue weighted by molar-refractivity contribution is 6.03. The molecule has 0 spiro atoms. The van der Waals surface area contributed by atoms with Crippen molar-refractivity contribution in [2.75, 3.05) is 21.1 Å². The van der Waals surface area contributed by atoms with E-state index in [2.05, 4.69) is 12.1 Å². The summed E-state index contributed by atoms with van der Waals surface area (Å²) in [5.41, 5.74) is 2.24. The highest BCUT2D eigenvalue weighted by Gasteiger charge is 2.51. The topological polar surface area (TPSA) is 59.5 Å². The van der Waals surface area contributed by atoms with Crippen molar-refractivity contribution in [3.8, 4) is 0 Å². The number of nitrogens with zero attached hydrogens (tertiary/aromatic N) is 5. The van der Waals surface area contributed by atoms with E-state index >= 15 is 0 Å². The van der Waals surface area contributed by atoms with Crippen LogP contribution >= 0.6 is 0 Å². The van der Waals surface area contributed by atoms with Crippen LogP contribution in [0.5, 0.6) is 0 Å². The van der Waals surface area contributed by atoms with E-state index in [1.165, 1.54) is 11.9 Å². The Morgan fingerprint density at radius 2 is 1.52 bits per heavy atom. The molecule has 29 heavy (non-hydrogen) atoms. The maximum Gasteiger partial charge on any atom is 0.328 e. The number of benzene rings is 2. The molecule has 7 heteroatoms. The number of carbonyl (C=O) groups excluding carboxylic acids is 2. The SMILES string of the molecule is CN(Cc1ccccc1)C1=NC2C(C(=O)N(C)C(=O)N2C)N1Cc1ccccc1. The summed E-state index contributed by atoms with van der Waals surface area (Å²) in [7, 11) is 5.20. The van der Waals surface area contributed by atoms with Crippen LogP contribution in [0, 0.1) is 0 Å². The molecule has 0 aliphatic carbocycles. The van der Waals surface area contributed by atoms with Crippen LogP contribution in [0.1, 0.15) is 11.1 Å². The van der Waals surface area contributed by atoms with Gasteiger partial charge in [0, 0.05) is 34.2 Å². The average Bonchev–Trinajstić information content (AvgIpc) is 3.11. The Morgan fingerprint density at radius 1 is 0.931 bits per heavy atom. The van der Waals surface area contributed by atoms with Gasteiger partial charge in [-0.2, -0.15) is 0 Å². The number of hydrogen-bond acceptors (Lipinski definition) is 5. The number of aliphatic imine (C=N–C) groups is 1. The van der Waals surface area contributed by atoms with Gasteiger partial charge in [-0.15, -0.1) is 0 Å². The predicted octanol–water partition coefficient (Wildman–Crippen LogP) is 2.21. The molecule has 0 radical (unpaired) electrons. The quantitative estimate of drug-likeness (QED) is 0.802. The molecular weight excluding hydrogens is 366 g/mol. The lowest BCUT2D eigenvalue weighted by molar-refractivity contribution is -0.136. The fourth-order valence-corrected chi connectivity index (χ4v) is 3.95. The second kappa shape index (κ2) is 7.58. The molecule has 2 heterocycles. The van der Waals surface area contributed by atoms with Crippen LogP contribution in [0.25, 0.3) is 0 Å². The Hall–Kier alpha value is -3.35. The first-order chi connectivity index (χ1) is 14.0. The predicted molar refractivity (Wildman–Crippen MR) is 111 cm³/mol. The summed E-state index contributed by atoms with van der Waals surface area (Å²) in [5.74, 6) is 0.497. The van der Waals surface area contributed by atoms with Gasteiger partial charge in [-0.3, -0.25) is 9.69 Å². The molecule has 2 aliphatic rings. The first-order valence-electron chi connectivity index (χ1n) is 9.65. The number of amides is 3. The first-order valence-corrected chi connectivity index (χ1v) is 9.65. The third kappa shape index (κ3) is 3.44. The normalized spacial score (nSPS) is 21.3. The molecule has 2 unspecified atom stereocenters. The van der Waals surface area contributed by atoms with Crippen molar-refractivity contribution in [1.82, 2.24) is 19.6 Å². The molecule has 1 fully saturated rings. The zero-order chi connectivity index (χ0) is 20.5. The van der Waals surface area contributed by atoms with E-state index in [0.29, 0.717) is 13.1 Å². The fourth-order valence-electron chi connectivity index (χ4n) is 3.95. The zero-order valence-electron chi connectivity index (χ0n) is 16.9. The van der Waals surface area contributed by atoms with Crippen molar-refractivity contribution in [1.29, 1.82) is 0 Å². The molecule has 0 saturated carbocycles. The van der Waals surface area contributed by atoms with Crippen LogP contribution < -0.4 is 0 Å². The molecule has 2 aromatic carbocycles. The molecular formula is C22H25N5O2. The molecule has 2 atom stereocenters. The molecule has 4 rings (SSSR count). The van der Waals surface area contributed by atoms with Crippen LogP contribution in [-0.2, 0) is 17.9 Å². The van der Waals surface area contributed by atoms with Crippen molar-refractivity contribution >= 4 is 17.9 Å². The smallest absolute Gasteiger partial charge is 0.328 e. The molecule has 0 aromatic heterocycles. The third-order valence-electron chi connectivity index (χ3n) is 5.49. The van der Waals surface area contributed by atoms with Gasteiger partial charge >= 0.3 is 6.03 Å². The van der Waals surface area contributed by atoms with E-state index in [0.717, 1.165) is 17.1 Å². The van der Waals surface area contributed by atoms with E-state index in [4.69, 9.17) is 4.99 Å². The van der Waals surface area contributed by atoms with Gasteiger partial charge in [0.15, 0.2) is 18.2 Å². The lowest BCUT2D eigenvalue weighted by Crippen LogP contribution is -2.64. The lowest BCUT2D eigenvalue weighted by atomic mass is 10.1. The minimum absolute atomic E-state index is 0.221. The highest BCUT2D eigenvalue weighted by Crippen LogP contribution is 2.29. The fraction of sp³-hybridized carbons (Fsp3) is 0.318. The van der Waals surface area contributed by atoms with Crippen LogP contribution in [-0.4, -0.2) is 70.8 Å². The number of fused-ring (bicyclic) bond motifs is 1. The molecule has 0 N–H and O–H groups in total. The number of imide groups is 1. The maximum atomic E-state index is 13.0. The Morgan fingerprint density at radius 3 is 2.14 bits per heavy atom. The van der Waals surface area contributed by atoms with Gasteiger partial charge in [0.2, 0.25) is 0 Å². The van der Waals surface area contributed by atoms with Crippen LogP contribution in [0.15, 0.2) is 65.7 Å². The van der Waals surface area contributed by atoms with E-state index in [1.807, 2.05) is 65.4 Å². The number of carbonyl (C=O) groups is 2. The van der Waals surface area contributed by atoms with Crippen molar-refractivity contribution in [2.45, 2.75) is 25.3 Å². The van der Waals surface area contributed by atoms with Crippen molar-refractivity contribution in [2.24, 2.45) is 4.99 Å². The van der Waals surface area contributed by atoms with Crippen LogP contribution in [0.3, 0.4) is 0 Å². The largest absolute Gasteiger partial charge is 0.341 e. The number of guanidine groups is 1. The Balaban J connectivity index is 1.68. The summed E-state index contributed by atoms with van der Waals surface area (Å²) < 4.78 is 0. The number of rotatable bonds is 4. The van der Waals surface area contributed by atoms with Crippen LogP contribution in [0.4, 0.5) is 4.79 Å². The van der Waals surface area contributed by atoms with Gasteiger partial charge in [-0.25, -0.2) is 9.79 Å². The maximum absolute atomic E-state index is 13.0. The molecule has 150 valence electrons. The van der Waals surface area contributed by atoms with Gasteiger partial charge in [0.1, 0.15) is 0 Å². The first kappa shape index (κ1) is 19.0. The van der Waals surface area contributed by atoms with Crippen molar-refractivity contribution in [3.05, 3.63) is 71.8 Å². The van der Waals surface area contributed by atoms with E-state index in [9.17, 15) is 9.59 Å². The van der Waals surface area contributed by atoms with Gasteiger partial charge in [-0.1, -0.05) is 60.7 Å². The zero-order valence-corrected chi connectivity index (χ0v) is 16.9. The Bertz CT molecular complexity index is 931. The molecule has 2 aliphatic heterocycles. The van der Waals surface area contributed by atoms with Gasteiger partial charge in [0.05, 0.1) is 0 Å². The summed E-state index contributed by atoms with van der Waals surface area (Å²) in [6.07, 6.45) is -0.525. The average molecular weight is 391 g/mol. The second-order valence-corrected chi connectivity index (χ2v) is 7.53. The Labute approximate surface area is 170 Å². The monoisotopic (exact) mass is 391 g/mol. The van der Waals surface area contributed by atoms with Gasteiger partial charge < -0.3 is 14.7 Å². The standard InChI is InChI=1S/C22H25N5O2/c1-24(14-16-10-6-4-7-11-16)21-23-19-18(20(28)26(3)22(29)25(19)2)27(21)15-17-12-8-5-9-13-17/h4-13,18-19H,14-15H2,1-3H3. The molecule has 2 aromatic rings. The van der Waals surface area contributed by atoms with Gasteiger partial charge in [0.25, 0.3) is 5.91 Å². The summed E-state index contributed by atoms with van der Waals surface area (Å²) in [6, 6.07) is 19.3. The highest BCUT2D eigenvalue weighted by atomic mass is 16.2. The summed E-state index contributed by atoms with van der Waals surface area (Å²) in [6.45, 7) is 1.20. The molecule has 3 amide bonds. The molecule has 1 saturated heterocycles. The lowest BCUT2D eigenvalue weighted by Gasteiger charge is -2.40. The Kier molecular flexibility index (Phi) is 4.96. The summed E-state index contributed by atoms with van der Waals surface area (Å²) in [5, 5.41) is 0. The molecule has 7 nitrogen and oxygen atoms in total. The number of urea groups is 1. The van der Waals surface area contributed by atoms with E-state index in [1.54, 1.807) is 11.9 Å². The second-order valence-electron chi connectivity index (χ2n) is 7.53. The minimum atomic E-state index is -0.531. The number of hydrogen-bond donors (Lipinski definition) is 0. The summed E-state index contributed by atoms with van der Waals surface area (Å²) >= 11 is 0. The van der Waals surface area contributed by atoms with Crippen LogP contribution in [0.2, 0.25) is 0 Å².